The van der Waals surface area contributed by atoms with Crippen LogP contribution in [0.3, 0.4) is 0 Å². The molecular weight excluding hydrogens is 329 g/mol. The molecule has 0 fully saturated rings. The van der Waals surface area contributed by atoms with Crippen molar-refractivity contribution in [2.24, 2.45) is 0 Å². The van der Waals surface area contributed by atoms with Gasteiger partial charge in [-0.3, -0.25) is 0 Å². The number of nitrogens with zero attached hydrogens (tertiary/aromatic N) is 2. The highest BCUT2D eigenvalue weighted by atomic mass is 19.1. The Labute approximate surface area is 155 Å². The molecular formula is C21H28FN3O. The Morgan fingerprint density at radius 2 is 1.62 bits per heavy atom. The van der Waals surface area contributed by atoms with Crippen molar-refractivity contribution in [1.82, 2.24) is 15.1 Å². The molecule has 4 nitrogen and oxygen atoms in total. The second kappa shape index (κ2) is 9.92. The number of hydrogen-bond acceptors (Lipinski definition) is 2. The molecule has 5 heteroatoms. The van der Waals surface area contributed by atoms with E-state index in [1.54, 1.807) is 11.0 Å². The summed E-state index contributed by atoms with van der Waals surface area (Å²) in [5.74, 6) is -0.284. The van der Waals surface area contributed by atoms with E-state index >= 15 is 0 Å². The molecule has 0 spiro atoms. The fourth-order valence-electron chi connectivity index (χ4n) is 2.73. The number of rotatable bonds is 8. The van der Waals surface area contributed by atoms with E-state index in [2.05, 4.69) is 36.3 Å². The number of nitrogens with one attached hydrogen (secondary N) is 1. The van der Waals surface area contributed by atoms with Gasteiger partial charge in [0.15, 0.2) is 0 Å². The summed E-state index contributed by atoms with van der Waals surface area (Å²) in [6.45, 7) is 7.35. The number of carbonyl (C=O) groups is 1. The lowest BCUT2D eigenvalue weighted by atomic mass is 10.1. The van der Waals surface area contributed by atoms with Gasteiger partial charge < -0.3 is 15.1 Å². The molecule has 0 aliphatic rings. The molecule has 2 aromatic carbocycles. The van der Waals surface area contributed by atoms with Gasteiger partial charge >= 0.3 is 6.03 Å². The van der Waals surface area contributed by atoms with Crippen LogP contribution < -0.4 is 5.32 Å². The fraction of sp³-hybridized carbons (Fsp3) is 0.381. The molecule has 2 rings (SSSR count). The Morgan fingerprint density at radius 1 is 0.962 bits per heavy atom. The van der Waals surface area contributed by atoms with Gasteiger partial charge in [-0.2, -0.15) is 0 Å². The van der Waals surface area contributed by atoms with E-state index in [9.17, 15) is 9.18 Å². The molecule has 2 amide bonds. The highest BCUT2D eigenvalue weighted by Crippen LogP contribution is 2.10. The predicted octanol–water partition coefficient (Wildman–Crippen LogP) is 4.01. The molecule has 0 saturated heterocycles. The van der Waals surface area contributed by atoms with Crippen molar-refractivity contribution in [2.45, 2.75) is 33.5 Å². The summed E-state index contributed by atoms with van der Waals surface area (Å²) in [5, 5.41) is 2.96. The van der Waals surface area contributed by atoms with Crippen molar-refractivity contribution < 1.29 is 9.18 Å². The summed E-state index contributed by atoms with van der Waals surface area (Å²) < 4.78 is 13.3. The minimum absolute atomic E-state index is 0.146. The van der Waals surface area contributed by atoms with Crippen LogP contribution in [-0.4, -0.2) is 36.0 Å². The van der Waals surface area contributed by atoms with Crippen LogP contribution in [0.4, 0.5) is 9.18 Å². The minimum Gasteiger partial charge on any atom is -0.334 e. The van der Waals surface area contributed by atoms with Gasteiger partial charge in [-0.1, -0.05) is 43.3 Å². The summed E-state index contributed by atoms with van der Waals surface area (Å²) in [6, 6.07) is 14.5. The molecule has 0 aliphatic heterocycles. The number of hydrogen-bond donors (Lipinski definition) is 1. The lowest BCUT2D eigenvalue weighted by molar-refractivity contribution is 0.197. The molecule has 0 aromatic heterocycles. The maximum Gasteiger partial charge on any atom is 0.317 e. The Morgan fingerprint density at radius 3 is 2.27 bits per heavy atom. The lowest BCUT2D eigenvalue weighted by Gasteiger charge is -2.22. The molecule has 2 aromatic rings. The third kappa shape index (κ3) is 6.15. The summed E-state index contributed by atoms with van der Waals surface area (Å²) in [6.07, 6.45) is 0. The quantitative estimate of drug-likeness (QED) is 0.775. The first-order valence-electron chi connectivity index (χ1n) is 9.05. The molecule has 1 N–H and O–H groups in total. The number of carbonyl (C=O) groups excluding carboxylic acids is 1. The SMILES string of the molecule is CCN(C)Cc1cccc(CNC(=O)N(CC)Cc2cccc(F)c2)c1. The number of amides is 2. The maximum atomic E-state index is 13.3. The van der Waals surface area contributed by atoms with Crippen molar-refractivity contribution in [1.29, 1.82) is 0 Å². The van der Waals surface area contributed by atoms with Gasteiger partial charge in [0.25, 0.3) is 0 Å². The van der Waals surface area contributed by atoms with Gasteiger partial charge in [0.05, 0.1) is 0 Å². The molecule has 0 bridgehead atoms. The van der Waals surface area contributed by atoms with Gasteiger partial charge in [-0.05, 0) is 49.3 Å². The molecule has 0 heterocycles. The third-order valence-electron chi connectivity index (χ3n) is 4.36. The van der Waals surface area contributed by atoms with E-state index in [0.717, 1.165) is 24.2 Å². The van der Waals surface area contributed by atoms with E-state index in [-0.39, 0.29) is 11.8 Å². The fourth-order valence-corrected chi connectivity index (χ4v) is 2.73. The van der Waals surface area contributed by atoms with Crippen LogP contribution in [0.2, 0.25) is 0 Å². The van der Waals surface area contributed by atoms with Crippen molar-refractivity contribution in [3.05, 3.63) is 71.0 Å². The van der Waals surface area contributed by atoms with Crippen LogP contribution in [0, 0.1) is 5.82 Å². The van der Waals surface area contributed by atoms with Crippen molar-refractivity contribution in [3.8, 4) is 0 Å². The van der Waals surface area contributed by atoms with E-state index in [1.165, 1.54) is 17.7 Å². The van der Waals surface area contributed by atoms with Crippen LogP contribution in [0.15, 0.2) is 48.5 Å². The van der Waals surface area contributed by atoms with Crippen LogP contribution in [0.1, 0.15) is 30.5 Å². The Kier molecular flexibility index (Phi) is 7.60. The summed E-state index contributed by atoms with van der Waals surface area (Å²) in [7, 11) is 2.08. The van der Waals surface area contributed by atoms with E-state index in [4.69, 9.17) is 0 Å². The van der Waals surface area contributed by atoms with Gasteiger partial charge in [-0.15, -0.1) is 0 Å². The smallest absolute Gasteiger partial charge is 0.317 e. The Balaban J connectivity index is 1.93. The average molecular weight is 357 g/mol. The van der Waals surface area contributed by atoms with Gasteiger partial charge in [0.2, 0.25) is 0 Å². The van der Waals surface area contributed by atoms with E-state index < -0.39 is 0 Å². The standard InChI is InChI=1S/C21H28FN3O/c1-4-24(3)15-18-9-6-8-17(12-18)14-23-21(26)25(5-2)16-19-10-7-11-20(22)13-19/h6-13H,4-5,14-16H2,1-3H3,(H,23,26). The number of benzene rings is 2. The van der Waals surface area contributed by atoms with Crippen molar-refractivity contribution in [2.75, 3.05) is 20.1 Å². The highest BCUT2D eigenvalue weighted by molar-refractivity contribution is 5.74. The van der Waals surface area contributed by atoms with Crippen molar-refractivity contribution >= 4 is 6.03 Å². The van der Waals surface area contributed by atoms with Gasteiger partial charge in [-0.25, -0.2) is 9.18 Å². The second-order valence-electron chi connectivity index (χ2n) is 6.45. The zero-order chi connectivity index (χ0) is 18.9. The largest absolute Gasteiger partial charge is 0.334 e. The predicted molar refractivity (Wildman–Crippen MR) is 103 cm³/mol. The summed E-state index contributed by atoms with van der Waals surface area (Å²) in [5.41, 5.74) is 3.09. The zero-order valence-corrected chi connectivity index (χ0v) is 15.8. The first kappa shape index (κ1) is 19.9. The minimum atomic E-state index is -0.284. The molecule has 0 radical (unpaired) electrons. The molecule has 0 unspecified atom stereocenters. The van der Waals surface area contributed by atoms with Gasteiger partial charge in [0, 0.05) is 26.2 Å². The molecule has 140 valence electrons. The third-order valence-corrected chi connectivity index (χ3v) is 4.36. The first-order chi connectivity index (χ1) is 12.5. The Bertz CT molecular complexity index is 720. The topological polar surface area (TPSA) is 35.6 Å². The molecule has 26 heavy (non-hydrogen) atoms. The normalized spacial score (nSPS) is 10.8. The number of urea groups is 1. The molecule has 0 atom stereocenters. The highest BCUT2D eigenvalue weighted by Gasteiger charge is 2.12. The first-order valence-corrected chi connectivity index (χ1v) is 9.05. The van der Waals surface area contributed by atoms with Crippen LogP contribution in [-0.2, 0) is 19.6 Å². The van der Waals surface area contributed by atoms with E-state index in [1.807, 2.05) is 25.1 Å². The molecule has 0 saturated carbocycles. The summed E-state index contributed by atoms with van der Waals surface area (Å²) in [4.78, 5) is 16.4. The zero-order valence-electron chi connectivity index (χ0n) is 15.8. The maximum absolute atomic E-state index is 13.3. The lowest BCUT2D eigenvalue weighted by Crippen LogP contribution is -2.39. The van der Waals surface area contributed by atoms with Crippen LogP contribution >= 0.6 is 0 Å². The Hall–Kier alpha value is -2.40. The second-order valence-corrected chi connectivity index (χ2v) is 6.45. The van der Waals surface area contributed by atoms with E-state index in [0.29, 0.717) is 19.6 Å². The molecule has 0 aliphatic carbocycles. The van der Waals surface area contributed by atoms with Gasteiger partial charge in [0.1, 0.15) is 5.82 Å². The van der Waals surface area contributed by atoms with Crippen molar-refractivity contribution in [3.63, 3.8) is 0 Å². The van der Waals surface area contributed by atoms with Crippen LogP contribution in [0.25, 0.3) is 0 Å². The average Bonchev–Trinajstić information content (AvgIpc) is 2.64. The monoisotopic (exact) mass is 357 g/mol. The number of halogens is 1. The summed E-state index contributed by atoms with van der Waals surface area (Å²) >= 11 is 0. The van der Waals surface area contributed by atoms with Crippen LogP contribution in [0.5, 0.6) is 0 Å².